The molecule has 216 valence electrons. The fraction of sp³-hybridized carbons (Fsp3) is 0.857. The van der Waals surface area contributed by atoms with Crippen molar-refractivity contribution in [1.82, 2.24) is 0 Å². The molecule has 0 radical (unpaired) electrons. The first-order valence-corrected chi connectivity index (χ1v) is 13.6. The van der Waals surface area contributed by atoms with E-state index in [9.17, 15) is 39.6 Å². The van der Waals surface area contributed by atoms with Crippen LogP contribution in [0.25, 0.3) is 0 Å². The summed E-state index contributed by atoms with van der Waals surface area (Å²) < 4.78 is 0. The summed E-state index contributed by atoms with van der Waals surface area (Å²) in [5.41, 5.74) is -2.48. The van der Waals surface area contributed by atoms with Gasteiger partial charge >= 0.3 is 26.2 Å². The van der Waals surface area contributed by atoms with E-state index in [0.717, 1.165) is 25.7 Å². The Morgan fingerprint density at radius 2 is 0.757 bits per heavy atom. The standard InChI is InChI=1S/2C10H18O3.2C4H9O.Zr/c2*1-4-7-8(11)10(5-2,6-3)9(12)13;2*1-2-3-4-5;/h2*4-7H2,1-3H3,(H,12,13);2*2-4H2,1H3;/q;;2*-1;+4/p-2. The topological polar surface area (TPSA) is 161 Å². The van der Waals surface area contributed by atoms with Crippen LogP contribution in [0.15, 0.2) is 0 Å². The van der Waals surface area contributed by atoms with E-state index in [1.54, 1.807) is 27.7 Å². The van der Waals surface area contributed by atoms with Gasteiger partial charge in [0.2, 0.25) is 0 Å². The van der Waals surface area contributed by atoms with Crippen molar-refractivity contribution in [3.8, 4) is 0 Å². The summed E-state index contributed by atoms with van der Waals surface area (Å²) >= 11 is 0. The van der Waals surface area contributed by atoms with Crippen molar-refractivity contribution in [1.29, 1.82) is 0 Å². The number of carbonyl (C=O) groups excluding carboxylic acids is 4. The molecule has 0 aliphatic carbocycles. The number of rotatable bonds is 16. The third kappa shape index (κ3) is 18.9. The first-order valence-electron chi connectivity index (χ1n) is 13.6. The second kappa shape index (κ2) is 29.6. The first kappa shape index (κ1) is 46.0. The molecule has 0 bridgehead atoms. The fourth-order valence-electron chi connectivity index (χ4n) is 3.32. The predicted molar refractivity (Wildman–Crippen MR) is 135 cm³/mol. The van der Waals surface area contributed by atoms with Gasteiger partial charge in [0.05, 0.1) is 22.8 Å². The van der Waals surface area contributed by atoms with Crippen molar-refractivity contribution in [2.75, 3.05) is 13.2 Å². The van der Waals surface area contributed by atoms with Crippen LogP contribution in [-0.4, -0.2) is 36.7 Å². The van der Waals surface area contributed by atoms with Gasteiger partial charge in [0.1, 0.15) is 11.6 Å². The Bertz CT molecular complexity index is 517. The maximum Gasteiger partial charge on any atom is 4.00 e. The summed E-state index contributed by atoms with van der Waals surface area (Å²) in [6.07, 6.45) is 7.06. The number of carboxylic acids is 2. The average molecular weight is 608 g/mol. The number of carboxylic acid groups (broad SMARTS) is 2. The molecule has 0 fully saturated rings. The molecule has 0 aromatic carbocycles. The monoisotopic (exact) mass is 606 g/mol. The van der Waals surface area contributed by atoms with Crippen LogP contribution in [0.5, 0.6) is 0 Å². The summed E-state index contributed by atoms with van der Waals surface area (Å²) in [4.78, 5) is 44.8. The van der Waals surface area contributed by atoms with Crippen LogP contribution in [0, 0.1) is 10.8 Å². The summed E-state index contributed by atoms with van der Waals surface area (Å²) in [5.74, 6) is -2.84. The molecule has 0 spiro atoms. The van der Waals surface area contributed by atoms with Gasteiger partial charge < -0.3 is 30.0 Å². The number of carbonyl (C=O) groups is 4. The molecular formula is C28H52O8Zr. The van der Waals surface area contributed by atoms with Crippen molar-refractivity contribution < 1.29 is 65.8 Å². The molecular weight excluding hydrogens is 556 g/mol. The minimum atomic E-state index is -1.24. The molecule has 0 aliphatic rings. The largest absolute Gasteiger partial charge is 4.00 e. The Kier molecular flexibility index (Phi) is 36.8. The minimum Gasteiger partial charge on any atom is -0.854 e. The molecule has 0 N–H and O–H groups in total. The molecule has 0 unspecified atom stereocenters. The SMILES string of the molecule is CCCC(=O)C(CC)(CC)C(=O)[O-].CCCC(=O)C(CC)(CC)C(=O)[O-].CCCC[O-].CCCC[O-].[Zr+4]. The van der Waals surface area contributed by atoms with Gasteiger partial charge in [-0.25, -0.2) is 0 Å². The van der Waals surface area contributed by atoms with E-state index in [1.165, 1.54) is 0 Å². The molecule has 0 atom stereocenters. The number of unbranched alkanes of at least 4 members (excludes halogenated alkanes) is 2. The Balaban J connectivity index is -0.000000133. The molecule has 0 aromatic heterocycles. The van der Waals surface area contributed by atoms with Crippen LogP contribution >= 0.6 is 0 Å². The quantitative estimate of drug-likeness (QED) is 0.241. The van der Waals surface area contributed by atoms with Crippen molar-refractivity contribution >= 4 is 23.5 Å². The van der Waals surface area contributed by atoms with Crippen molar-refractivity contribution in [3.05, 3.63) is 0 Å². The minimum absolute atomic E-state index is 0. The molecule has 0 aromatic rings. The van der Waals surface area contributed by atoms with Crippen LogP contribution in [-0.2, 0) is 45.4 Å². The van der Waals surface area contributed by atoms with Crippen LogP contribution < -0.4 is 20.4 Å². The normalized spacial score (nSPS) is 10.2. The van der Waals surface area contributed by atoms with E-state index >= 15 is 0 Å². The van der Waals surface area contributed by atoms with Crippen LogP contribution in [0.1, 0.15) is 132 Å². The number of hydrogen-bond acceptors (Lipinski definition) is 8. The summed E-state index contributed by atoms with van der Waals surface area (Å²) in [7, 11) is 0. The van der Waals surface area contributed by atoms with Gasteiger partial charge in [-0.1, -0.05) is 81.1 Å². The Morgan fingerprint density at radius 1 is 0.514 bits per heavy atom. The van der Waals surface area contributed by atoms with Crippen LogP contribution in [0.2, 0.25) is 0 Å². The number of hydrogen-bond donors (Lipinski definition) is 0. The second-order valence-corrected chi connectivity index (χ2v) is 8.62. The number of ketones is 2. The molecule has 0 saturated carbocycles. The zero-order chi connectivity index (χ0) is 29.2. The smallest absolute Gasteiger partial charge is 0.854 e. The van der Waals surface area contributed by atoms with Crippen LogP contribution in [0.4, 0.5) is 0 Å². The molecule has 0 amide bonds. The molecule has 0 heterocycles. The number of Topliss-reactive ketones (excluding diaryl/α,β-unsaturated/α-hetero) is 2. The third-order valence-electron chi connectivity index (χ3n) is 6.21. The van der Waals surface area contributed by atoms with Gasteiger partial charge in [-0.3, -0.25) is 9.59 Å². The zero-order valence-electron chi connectivity index (χ0n) is 24.7. The average Bonchev–Trinajstić information content (AvgIpc) is 2.84. The summed E-state index contributed by atoms with van der Waals surface area (Å²) in [5, 5.41) is 40.8. The Morgan fingerprint density at radius 3 is 0.838 bits per heavy atom. The van der Waals surface area contributed by atoms with Gasteiger partial charge in [-0.05, 0) is 38.5 Å². The fourth-order valence-corrected chi connectivity index (χ4v) is 3.32. The van der Waals surface area contributed by atoms with Gasteiger partial charge in [-0.2, -0.15) is 0 Å². The maximum absolute atomic E-state index is 11.5. The Labute approximate surface area is 245 Å². The number of aliphatic carboxylic acids is 2. The van der Waals surface area contributed by atoms with Crippen LogP contribution in [0.3, 0.4) is 0 Å². The predicted octanol–water partition coefficient (Wildman–Crippen LogP) is 2.11. The van der Waals surface area contributed by atoms with E-state index in [2.05, 4.69) is 0 Å². The van der Waals surface area contributed by atoms with E-state index < -0.39 is 22.8 Å². The van der Waals surface area contributed by atoms with Gasteiger partial charge in [-0.15, -0.1) is 13.2 Å². The maximum atomic E-state index is 11.5. The van der Waals surface area contributed by atoms with Crippen molar-refractivity contribution in [2.24, 2.45) is 10.8 Å². The molecule has 37 heavy (non-hydrogen) atoms. The molecule has 8 nitrogen and oxygen atoms in total. The van der Waals surface area contributed by atoms with Gasteiger partial charge in [0.25, 0.3) is 0 Å². The van der Waals surface area contributed by atoms with Gasteiger partial charge in [0, 0.05) is 12.8 Å². The molecule has 0 rings (SSSR count). The summed E-state index contributed by atoms with van der Waals surface area (Å²) in [6, 6.07) is 0. The summed E-state index contributed by atoms with van der Waals surface area (Å²) in [6.45, 7) is 14.8. The van der Waals surface area contributed by atoms with Crippen molar-refractivity contribution in [3.63, 3.8) is 0 Å². The molecule has 9 heteroatoms. The second-order valence-electron chi connectivity index (χ2n) is 8.62. The van der Waals surface area contributed by atoms with E-state index in [1.807, 2.05) is 27.7 Å². The zero-order valence-corrected chi connectivity index (χ0v) is 27.1. The van der Waals surface area contributed by atoms with Gasteiger partial charge in [0.15, 0.2) is 0 Å². The molecule has 0 aliphatic heterocycles. The van der Waals surface area contributed by atoms with Crippen molar-refractivity contribution in [2.45, 2.75) is 132 Å². The van der Waals surface area contributed by atoms with E-state index in [4.69, 9.17) is 0 Å². The van der Waals surface area contributed by atoms with E-state index in [0.29, 0.717) is 51.4 Å². The third-order valence-corrected chi connectivity index (χ3v) is 6.21. The first-order chi connectivity index (χ1) is 16.9. The molecule has 0 saturated heterocycles. The Hall–Kier alpha value is -0.917. The van der Waals surface area contributed by atoms with E-state index in [-0.39, 0.29) is 51.0 Å².